The number of aryl methyl sites for hydroxylation is 1. The van der Waals surface area contributed by atoms with Gasteiger partial charge in [0.2, 0.25) is 5.91 Å². The monoisotopic (exact) mass is 528 g/mol. The highest BCUT2D eigenvalue weighted by molar-refractivity contribution is 5.95. The van der Waals surface area contributed by atoms with E-state index in [9.17, 15) is 9.59 Å². The van der Waals surface area contributed by atoms with E-state index in [1.807, 2.05) is 71.6 Å². The van der Waals surface area contributed by atoms with E-state index in [1.165, 1.54) is 12.7 Å². The summed E-state index contributed by atoms with van der Waals surface area (Å²) in [6, 6.07) is 25.1. The number of carbonyl (C=O) groups excluding carboxylic acids is 2. The zero-order chi connectivity index (χ0) is 27.8. The fourth-order valence-corrected chi connectivity index (χ4v) is 4.93. The lowest BCUT2D eigenvalue weighted by atomic mass is 10.0. The number of amides is 1. The highest BCUT2D eigenvalue weighted by atomic mass is 16.5. The summed E-state index contributed by atoms with van der Waals surface area (Å²) in [4.78, 5) is 28.9. The van der Waals surface area contributed by atoms with Crippen LogP contribution in [0.3, 0.4) is 0 Å². The maximum atomic E-state index is 13.4. The molecule has 8 nitrogen and oxygen atoms in total. The first-order valence-electron chi connectivity index (χ1n) is 13.1. The molecule has 204 valence electrons. The number of ether oxygens (including phenoxy) is 2. The topological polar surface area (TPSA) is 109 Å². The van der Waals surface area contributed by atoms with Crippen LogP contribution in [0.15, 0.2) is 78.9 Å². The second-order valence-corrected chi connectivity index (χ2v) is 9.84. The number of hydrogen-bond acceptors (Lipinski definition) is 6. The van der Waals surface area contributed by atoms with Gasteiger partial charge in [-0.2, -0.15) is 0 Å². The number of nitrogens with zero attached hydrogens (tertiary/aromatic N) is 2. The minimum Gasteiger partial charge on any atom is -0.491 e. The lowest BCUT2D eigenvalue weighted by molar-refractivity contribution is -0.143. The molecule has 0 aromatic heterocycles. The van der Waals surface area contributed by atoms with Crippen LogP contribution >= 0.6 is 0 Å². The lowest BCUT2D eigenvalue weighted by Gasteiger charge is -2.25. The average molecular weight is 529 g/mol. The van der Waals surface area contributed by atoms with Crippen molar-refractivity contribution in [2.45, 2.75) is 31.3 Å². The molecule has 3 aromatic carbocycles. The third-order valence-corrected chi connectivity index (χ3v) is 7.18. The molecule has 1 aliphatic rings. The van der Waals surface area contributed by atoms with Crippen molar-refractivity contribution in [3.05, 3.63) is 90.0 Å². The van der Waals surface area contributed by atoms with Crippen molar-refractivity contribution in [1.82, 2.24) is 9.80 Å². The average Bonchev–Trinajstić information content (AvgIpc) is 3.27. The second kappa shape index (κ2) is 13.1. The molecule has 1 saturated heterocycles. The van der Waals surface area contributed by atoms with Gasteiger partial charge < -0.3 is 20.1 Å². The van der Waals surface area contributed by atoms with Gasteiger partial charge in [0.15, 0.2) is 0 Å². The number of carbonyl (C=O) groups is 2. The quantitative estimate of drug-likeness (QED) is 0.211. The van der Waals surface area contributed by atoms with Crippen LogP contribution in [0, 0.1) is 5.41 Å². The van der Waals surface area contributed by atoms with Crippen LogP contribution in [0.5, 0.6) is 5.75 Å². The number of amidine groups is 1. The van der Waals surface area contributed by atoms with Gasteiger partial charge in [-0.25, -0.2) is 0 Å². The minimum atomic E-state index is -0.394. The number of methoxy groups -OCH3 is 1. The van der Waals surface area contributed by atoms with Crippen LogP contribution in [-0.4, -0.2) is 73.4 Å². The molecule has 0 radical (unpaired) electrons. The number of nitrogens with one attached hydrogen (secondary N) is 1. The van der Waals surface area contributed by atoms with Gasteiger partial charge in [0.25, 0.3) is 0 Å². The number of nitrogen functional groups attached to an aromatic ring is 1. The smallest absolute Gasteiger partial charge is 0.319 e. The van der Waals surface area contributed by atoms with Crippen molar-refractivity contribution in [1.29, 1.82) is 5.41 Å². The van der Waals surface area contributed by atoms with Gasteiger partial charge >= 0.3 is 5.97 Å². The van der Waals surface area contributed by atoms with E-state index in [2.05, 4.69) is 12.1 Å². The van der Waals surface area contributed by atoms with Gasteiger partial charge in [0.05, 0.1) is 25.7 Å². The second-order valence-electron chi connectivity index (χ2n) is 9.84. The molecule has 0 bridgehead atoms. The van der Waals surface area contributed by atoms with E-state index in [1.54, 1.807) is 11.9 Å². The third kappa shape index (κ3) is 7.23. The van der Waals surface area contributed by atoms with E-state index < -0.39 is 6.04 Å². The zero-order valence-electron chi connectivity index (χ0n) is 22.5. The Kier molecular flexibility index (Phi) is 9.33. The number of rotatable bonds is 12. The molecular weight excluding hydrogens is 492 g/mol. The Hall–Kier alpha value is -4.17. The number of likely N-dealkylation sites (N-methyl/N-ethyl adjacent to an activating group) is 1. The summed E-state index contributed by atoms with van der Waals surface area (Å²) in [6.07, 6.45) is 2.31. The van der Waals surface area contributed by atoms with Crippen LogP contribution in [0.25, 0.3) is 11.1 Å². The normalized spacial score (nSPS) is 16.9. The first kappa shape index (κ1) is 27.9. The van der Waals surface area contributed by atoms with E-state index in [-0.39, 0.29) is 30.3 Å². The van der Waals surface area contributed by atoms with Gasteiger partial charge in [-0.3, -0.25) is 19.9 Å². The van der Waals surface area contributed by atoms with Gasteiger partial charge in [0.1, 0.15) is 18.2 Å². The molecule has 1 amide bonds. The molecule has 1 heterocycles. The van der Waals surface area contributed by atoms with Crippen molar-refractivity contribution in [3.8, 4) is 16.9 Å². The molecule has 39 heavy (non-hydrogen) atoms. The summed E-state index contributed by atoms with van der Waals surface area (Å²) >= 11 is 0. The fraction of sp³-hybridized carbons (Fsp3) is 0.323. The fourth-order valence-electron chi connectivity index (χ4n) is 4.93. The van der Waals surface area contributed by atoms with E-state index in [4.69, 9.17) is 20.6 Å². The maximum Gasteiger partial charge on any atom is 0.319 e. The van der Waals surface area contributed by atoms with Crippen molar-refractivity contribution in [2.24, 2.45) is 5.73 Å². The molecular formula is C31H36N4O4. The molecule has 0 spiro atoms. The van der Waals surface area contributed by atoms with Crippen molar-refractivity contribution in [2.75, 3.05) is 33.9 Å². The highest BCUT2D eigenvalue weighted by Gasteiger charge is 2.42. The molecule has 3 N–H and O–H groups in total. The molecule has 1 aliphatic heterocycles. The number of benzene rings is 3. The number of esters is 1. The summed E-state index contributed by atoms with van der Waals surface area (Å²) in [5.74, 6) is 0.426. The summed E-state index contributed by atoms with van der Waals surface area (Å²) in [5, 5.41) is 7.55. The van der Waals surface area contributed by atoms with Crippen molar-refractivity contribution in [3.63, 3.8) is 0 Å². The number of likely N-dealkylation sites (tertiary alicyclic amines) is 1. The zero-order valence-corrected chi connectivity index (χ0v) is 22.5. The Balaban J connectivity index is 1.40. The maximum absolute atomic E-state index is 13.4. The first-order chi connectivity index (χ1) is 18.9. The van der Waals surface area contributed by atoms with Gasteiger partial charge in [-0.1, -0.05) is 66.7 Å². The molecule has 1 fully saturated rings. The minimum absolute atomic E-state index is 0.0208. The van der Waals surface area contributed by atoms with Crippen molar-refractivity contribution >= 4 is 17.7 Å². The molecule has 8 heteroatoms. The first-order valence-corrected chi connectivity index (χ1v) is 13.1. The molecule has 3 aromatic rings. The Bertz CT molecular complexity index is 1260. The molecule has 0 unspecified atom stereocenters. The van der Waals surface area contributed by atoms with Gasteiger partial charge in [0, 0.05) is 12.1 Å². The van der Waals surface area contributed by atoms with Gasteiger partial charge in [-0.15, -0.1) is 0 Å². The predicted molar refractivity (Wildman–Crippen MR) is 152 cm³/mol. The number of nitrogens with two attached hydrogens (primary N) is 1. The summed E-state index contributed by atoms with van der Waals surface area (Å²) in [7, 11) is 3.14. The standard InChI is InChI=1S/C31H36N4O4/c1-34(20-29(36)38-2)28-19-26(35(31(28)37)18-6-9-22-7-4-3-5-8-22)21-39-27-16-14-24(15-17-27)23-10-12-25(13-11-23)30(32)33/h3-5,7-8,10-17,26,28H,6,9,18-21H2,1-2H3,(H3,32,33)/t26-,28+/m0/s1. The summed E-state index contributed by atoms with van der Waals surface area (Å²) < 4.78 is 11.0. The molecule has 2 atom stereocenters. The van der Waals surface area contributed by atoms with Crippen LogP contribution in [0.4, 0.5) is 0 Å². The Morgan fingerprint density at radius 1 is 1.03 bits per heavy atom. The third-order valence-electron chi connectivity index (χ3n) is 7.18. The van der Waals surface area contributed by atoms with Crippen LogP contribution < -0.4 is 10.5 Å². The Morgan fingerprint density at radius 2 is 1.67 bits per heavy atom. The highest BCUT2D eigenvalue weighted by Crippen LogP contribution is 2.27. The SMILES string of the molecule is COC(=O)CN(C)[C@@H]1C[C@@H](COc2ccc(-c3ccc(C(=N)N)cc3)cc2)N(CCCc2ccccc2)C1=O. The summed E-state index contributed by atoms with van der Waals surface area (Å²) in [6.45, 7) is 1.05. The van der Waals surface area contributed by atoms with E-state index >= 15 is 0 Å². The Morgan fingerprint density at radius 3 is 2.28 bits per heavy atom. The molecule has 4 rings (SSSR count). The summed E-state index contributed by atoms with van der Waals surface area (Å²) in [5.41, 5.74) is 9.53. The van der Waals surface area contributed by atoms with Crippen molar-refractivity contribution < 1.29 is 19.1 Å². The lowest BCUT2D eigenvalue weighted by Crippen LogP contribution is -2.43. The van der Waals surface area contributed by atoms with Gasteiger partial charge in [-0.05, 0) is 55.1 Å². The Labute approximate surface area is 229 Å². The van der Waals surface area contributed by atoms with Crippen LogP contribution in [0.2, 0.25) is 0 Å². The largest absolute Gasteiger partial charge is 0.491 e. The van der Waals surface area contributed by atoms with E-state index in [0.717, 1.165) is 29.7 Å². The number of hydrogen-bond donors (Lipinski definition) is 2. The van der Waals surface area contributed by atoms with Crippen LogP contribution in [0.1, 0.15) is 24.0 Å². The predicted octanol–water partition coefficient (Wildman–Crippen LogP) is 3.72. The molecule has 0 aliphatic carbocycles. The van der Waals surface area contributed by atoms with Crippen LogP contribution in [-0.2, 0) is 20.7 Å². The molecule has 0 saturated carbocycles. The van der Waals surface area contributed by atoms with E-state index in [0.29, 0.717) is 25.1 Å².